The molecule has 0 aliphatic rings. The van der Waals surface area contributed by atoms with Crippen LogP contribution in [0.4, 0.5) is 20.0 Å². The molecule has 0 atom stereocenters. The SMILES string of the molecule is COc1ccc(NC(=O)Nc2nc3ccc(F)cc3s2)cc1OC. The van der Waals surface area contributed by atoms with E-state index in [4.69, 9.17) is 9.47 Å². The fraction of sp³-hybridized carbons (Fsp3) is 0.125. The second-order valence-corrected chi connectivity index (χ2v) is 5.81. The lowest BCUT2D eigenvalue weighted by Crippen LogP contribution is -2.19. The molecule has 3 rings (SSSR count). The Morgan fingerprint density at radius 1 is 1.08 bits per heavy atom. The minimum absolute atomic E-state index is 0.340. The highest BCUT2D eigenvalue weighted by molar-refractivity contribution is 7.22. The topological polar surface area (TPSA) is 72.5 Å². The van der Waals surface area contributed by atoms with Crippen LogP contribution in [0.25, 0.3) is 10.2 Å². The van der Waals surface area contributed by atoms with Crippen LogP contribution in [0.1, 0.15) is 0 Å². The van der Waals surface area contributed by atoms with Gasteiger partial charge in [0.15, 0.2) is 16.6 Å². The molecule has 6 nitrogen and oxygen atoms in total. The first kappa shape index (κ1) is 16.0. The number of halogens is 1. The van der Waals surface area contributed by atoms with E-state index in [9.17, 15) is 9.18 Å². The van der Waals surface area contributed by atoms with Gasteiger partial charge in [-0.1, -0.05) is 11.3 Å². The van der Waals surface area contributed by atoms with Crippen molar-refractivity contribution < 1.29 is 18.7 Å². The number of carbonyl (C=O) groups is 1. The highest BCUT2D eigenvalue weighted by Crippen LogP contribution is 2.30. The van der Waals surface area contributed by atoms with Gasteiger partial charge in [0.1, 0.15) is 5.82 Å². The number of methoxy groups -OCH3 is 2. The second kappa shape index (κ2) is 6.71. The van der Waals surface area contributed by atoms with Crippen molar-refractivity contribution in [3.8, 4) is 11.5 Å². The molecule has 8 heteroatoms. The first-order valence-electron chi connectivity index (χ1n) is 6.95. The molecule has 24 heavy (non-hydrogen) atoms. The van der Waals surface area contributed by atoms with Gasteiger partial charge < -0.3 is 14.8 Å². The van der Waals surface area contributed by atoms with Crippen molar-refractivity contribution in [2.24, 2.45) is 0 Å². The number of urea groups is 1. The molecule has 0 saturated carbocycles. The van der Waals surface area contributed by atoms with Gasteiger partial charge in [0, 0.05) is 11.8 Å². The Balaban J connectivity index is 1.72. The van der Waals surface area contributed by atoms with Gasteiger partial charge in [0.2, 0.25) is 0 Å². The Hall–Kier alpha value is -2.87. The lowest BCUT2D eigenvalue weighted by molar-refractivity contribution is 0.262. The number of hydrogen-bond donors (Lipinski definition) is 2. The second-order valence-electron chi connectivity index (χ2n) is 4.78. The van der Waals surface area contributed by atoms with Crippen molar-refractivity contribution in [2.45, 2.75) is 0 Å². The van der Waals surface area contributed by atoms with Crippen LogP contribution in [0.2, 0.25) is 0 Å². The number of nitrogens with zero attached hydrogens (tertiary/aromatic N) is 1. The molecule has 0 unspecified atom stereocenters. The van der Waals surface area contributed by atoms with Gasteiger partial charge in [-0.3, -0.25) is 5.32 Å². The zero-order valence-corrected chi connectivity index (χ0v) is 13.7. The van der Waals surface area contributed by atoms with Crippen molar-refractivity contribution >= 4 is 38.4 Å². The third kappa shape index (κ3) is 3.38. The molecule has 2 aromatic carbocycles. The first-order chi connectivity index (χ1) is 11.6. The van der Waals surface area contributed by atoms with Gasteiger partial charge in [-0.2, -0.15) is 0 Å². The maximum Gasteiger partial charge on any atom is 0.325 e. The van der Waals surface area contributed by atoms with E-state index in [0.29, 0.717) is 32.5 Å². The summed E-state index contributed by atoms with van der Waals surface area (Å²) in [4.78, 5) is 16.3. The molecule has 2 N–H and O–H groups in total. The van der Waals surface area contributed by atoms with Crippen molar-refractivity contribution in [2.75, 3.05) is 24.9 Å². The van der Waals surface area contributed by atoms with Crippen molar-refractivity contribution in [3.63, 3.8) is 0 Å². The molecular weight excluding hydrogens is 333 g/mol. The van der Waals surface area contributed by atoms with Gasteiger partial charge in [-0.25, -0.2) is 14.2 Å². The summed E-state index contributed by atoms with van der Waals surface area (Å²) in [5.41, 5.74) is 1.17. The van der Waals surface area contributed by atoms with E-state index >= 15 is 0 Å². The van der Waals surface area contributed by atoms with Gasteiger partial charge in [-0.05, 0) is 30.3 Å². The van der Waals surface area contributed by atoms with E-state index in [1.165, 1.54) is 37.7 Å². The molecule has 0 bridgehead atoms. The number of ether oxygens (including phenoxy) is 2. The summed E-state index contributed by atoms with van der Waals surface area (Å²) in [5, 5.41) is 5.69. The summed E-state index contributed by atoms with van der Waals surface area (Å²) < 4.78 is 24.2. The Morgan fingerprint density at radius 2 is 1.88 bits per heavy atom. The molecule has 0 fully saturated rings. The van der Waals surface area contributed by atoms with Crippen molar-refractivity contribution in [1.82, 2.24) is 4.98 Å². The smallest absolute Gasteiger partial charge is 0.325 e. The molecule has 1 heterocycles. The number of nitrogens with one attached hydrogen (secondary N) is 2. The van der Waals surface area contributed by atoms with E-state index in [0.717, 1.165) is 0 Å². The van der Waals surface area contributed by atoms with Crippen LogP contribution in [0, 0.1) is 5.82 Å². The van der Waals surface area contributed by atoms with Crippen molar-refractivity contribution in [3.05, 3.63) is 42.2 Å². The summed E-state index contributed by atoms with van der Waals surface area (Å²) >= 11 is 1.20. The third-order valence-electron chi connectivity index (χ3n) is 3.21. The van der Waals surface area contributed by atoms with E-state index in [1.54, 1.807) is 24.3 Å². The Labute approximate surface area is 141 Å². The predicted molar refractivity (Wildman–Crippen MR) is 91.8 cm³/mol. The maximum atomic E-state index is 13.2. The summed E-state index contributed by atoms with van der Waals surface area (Å²) in [5.74, 6) is 0.731. The van der Waals surface area contributed by atoms with Crippen LogP contribution >= 0.6 is 11.3 Å². The predicted octanol–water partition coefficient (Wildman–Crippen LogP) is 4.10. The molecule has 0 saturated heterocycles. The highest BCUT2D eigenvalue weighted by Gasteiger charge is 2.10. The number of carbonyl (C=O) groups excluding carboxylic acids is 1. The Kier molecular flexibility index (Phi) is 4.48. The van der Waals surface area contributed by atoms with Crippen LogP contribution in [0.3, 0.4) is 0 Å². The quantitative estimate of drug-likeness (QED) is 0.745. The van der Waals surface area contributed by atoms with Gasteiger partial charge in [0.05, 0.1) is 24.4 Å². The minimum Gasteiger partial charge on any atom is -0.493 e. The lowest BCUT2D eigenvalue weighted by atomic mass is 10.3. The fourth-order valence-electron chi connectivity index (χ4n) is 2.13. The summed E-state index contributed by atoms with van der Waals surface area (Å²) in [7, 11) is 3.05. The molecule has 0 spiro atoms. The number of anilines is 2. The van der Waals surface area contributed by atoms with Crippen LogP contribution < -0.4 is 20.1 Å². The van der Waals surface area contributed by atoms with E-state index < -0.39 is 6.03 Å². The fourth-order valence-corrected chi connectivity index (χ4v) is 3.01. The van der Waals surface area contributed by atoms with E-state index in [-0.39, 0.29) is 5.82 Å². The molecule has 124 valence electrons. The normalized spacial score (nSPS) is 10.5. The molecular formula is C16H14FN3O3S. The van der Waals surface area contributed by atoms with E-state index in [2.05, 4.69) is 15.6 Å². The van der Waals surface area contributed by atoms with Crippen molar-refractivity contribution in [1.29, 1.82) is 0 Å². The summed E-state index contributed by atoms with van der Waals surface area (Å²) in [6.45, 7) is 0. The number of thiazole rings is 1. The van der Waals surface area contributed by atoms with Crippen LogP contribution in [-0.2, 0) is 0 Å². The maximum absolute atomic E-state index is 13.2. The molecule has 1 aromatic heterocycles. The zero-order valence-electron chi connectivity index (χ0n) is 12.9. The highest BCUT2D eigenvalue weighted by atomic mass is 32.1. The van der Waals surface area contributed by atoms with Gasteiger partial charge >= 0.3 is 6.03 Å². The Morgan fingerprint density at radius 3 is 2.62 bits per heavy atom. The Bertz CT molecular complexity index is 897. The molecule has 0 aliphatic carbocycles. The average molecular weight is 347 g/mol. The number of amides is 2. The third-order valence-corrected chi connectivity index (χ3v) is 4.15. The number of aromatic nitrogens is 1. The van der Waals surface area contributed by atoms with Gasteiger partial charge in [0.25, 0.3) is 0 Å². The standard InChI is InChI=1S/C16H14FN3O3S/c1-22-12-6-4-10(8-13(12)23-2)18-15(21)20-16-19-11-5-3-9(17)7-14(11)24-16/h3-8H,1-2H3,(H2,18,19,20,21). The number of benzene rings is 2. The minimum atomic E-state index is -0.457. The van der Waals surface area contributed by atoms with E-state index in [1.807, 2.05) is 0 Å². The van der Waals surface area contributed by atoms with Crippen LogP contribution in [0.15, 0.2) is 36.4 Å². The monoisotopic (exact) mass is 347 g/mol. The summed E-state index contributed by atoms with van der Waals surface area (Å²) in [6, 6.07) is 8.84. The summed E-state index contributed by atoms with van der Waals surface area (Å²) in [6.07, 6.45) is 0. The molecule has 0 radical (unpaired) electrons. The van der Waals surface area contributed by atoms with Crippen LogP contribution in [0.5, 0.6) is 11.5 Å². The lowest BCUT2D eigenvalue weighted by Gasteiger charge is -2.10. The van der Waals surface area contributed by atoms with Gasteiger partial charge in [-0.15, -0.1) is 0 Å². The molecule has 3 aromatic rings. The zero-order chi connectivity index (χ0) is 17.1. The van der Waals surface area contributed by atoms with Crippen LogP contribution in [-0.4, -0.2) is 25.2 Å². The first-order valence-corrected chi connectivity index (χ1v) is 7.77. The number of hydrogen-bond acceptors (Lipinski definition) is 5. The average Bonchev–Trinajstić information content (AvgIpc) is 2.95. The molecule has 0 aliphatic heterocycles. The number of fused-ring (bicyclic) bond motifs is 1. The number of rotatable bonds is 4. The molecule has 2 amide bonds. The largest absolute Gasteiger partial charge is 0.493 e.